The van der Waals surface area contributed by atoms with E-state index in [0.29, 0.717) is 11.4 Å². The molecule has 5 nitrogen and oxygen atoms in total. The van der Waals surface area contributed by atoms with Gasteiger partial charge in [-0.15, -0.1) is 0 Å². The van der Waals surface area contributed by atoms with Gasteiger partial charge in [-0.3, -0.25) is 4.79 Å². The molecule has 0 saturated heterocycles. The first-order valence-corrected chi connectivity index (χ1v) is 6.34. The van der Waals surface area contributed by atoms with E-state index in [-0.39, 0.29) is 18.1 Å². The summed E-state index contributed by atoms with van der Waals surface area (Å²) in [5, 5.41) is 3.13. The molecule has 0 heterocycles. The Bertz CT molecular complexity index is 444. The van der Waals surface area contributed by atoms with Gasteiger partial charge in [0.05, 0.1) is 6.10 Å². The van der Waals surface area contributed by atoms with Crippen LogP contribution >= 0.6 is 0 Å². The van der Waals surface area contributed by atoms with Crippen LogP contribution in [0.15, 0.2) is 18.2 Å². The highest BCUT2D eigenvalue weighted by atomic mass is 16.5. The number of ether oxygens (including phenoxy) is 1. The SMILES string of the molecule is CC(C)Oc1cc(N)cc(NC(C)C(=O)N(C)C)c1. The molecule has 5 heteroatoms. The Morgan fingerprint density at radius 2 is 1.89 bits per heavy atom. The number of nitrogens with zero attached hydrogens (tertiary/aromatic N) is 1. The van der Waals surface area contributed by atoms with E-state index in [1.54, 1.807) is 31.1 Å². The van der Waals surface area contributed by atoms with Crippen LogP contribution in [0.4, 0.5) is 11.4 Å². The number of nitrogen functional groups attached to an aromatic ring is 1. The number of benzene rings is 1. The lowest BCUT2D eigenvalue weighted by Crippen LogP contribution is -2.36. The topological polar surface area (TPSA) is 67.6 Å². The monoisotopic (exact) mass is 265 g/mol. The van der Waals surface area contributed by atoms with Crippen LogP contribution in [0.3, 0.4) is 0 Å². The number of hydrogen-bond donors (Lipinski definition) is 2. The molecule has 19 heavy (non-hydrogen) atoms. The Morgan fingerprint density at radius 3 is 2.42 bits per heavy atom. The standard InChI is InChI=1S/C14H23N3O2/c1-9(2)19-13-7-11(15)6-12(8-13)16-10(3)14(18)17(4)5/h6-10,16H,15H2,1-5H3. The minimum absolute atomic E-state index is 0.00810. The molecule has 3 N–H and O–H groups in total. The molecule has 0 aliphatic rings. The first-order chi connectivity index (χ1) is 8.79. The predicted molar refractivity (Wildman–Crippen MR) is 78.4 cm³/mol. The highest BCUT2D eigenvalue weighted by Gasteiger charge is 2.15. The number of carbonyl (C=O) groups is 1. The summed E-state index contributed by atoms with van der Waals surface area (Å²) in [4.78, 5) is 13.3. The van der Waals surface area contributed by atoms with E-state index in [1.165, 1.54) is 0 Å². The molecule has 1 aromatic rings. The number of likely N-dealkylation sites (N-methyl/N-ethyl adjacent to an activating group) is 1. The van der Waals surface area contributed by atoms with Crippen molar-refractivity contribution in [1.82, 2.24) is 4.90 Å². The van der Waals surface area contributed by atoms with Crippen molar-refractivity contribution in [2.75, 3.05) is 25.1 Å². The smallest absolute Gasteiger partial charge is 0.244 e. The molecule has 1 rings (SSSR count). The van der Waals surface area contributed by atoms with E-state index in [9.17, 15) is 4.79 Å². The average Bonchev–Trinajstić information content (AvgIpc) is 2.25. The molecule has 0 bridgehead atoms. The molecule has 0 fully saturated rings. The van der Waals surface area contributed by atoms with Crippen molar-refractivity contribution in [3.63, 3.8) is 0 Å². The molecule has 0 spiro atoms. The highest BCUT2D eigenvalue weighted by Crippen LogP contribution is 2.24. The van der Waals surface area contributed by atoms with Crippen molar-refractivity contribution in [3.05, 3.63) is 18.2 Å². The number of amides is 1. The second-order valence-electron chi connectivity index (χ2n) is 5.06. The second-order valence-corrected chi connectivity index (χ2v) is 5.06. The summed E-state index contributed by atoms with van der Waals surface area (Å²) in [5.74, 6) is 0.704. The predicted octanol–water partition coefficient (Wildman–Crippen LogP) is 1.94. The molecular weight excluding hydrogens is 242 g/mol. The fraction of sp³-hybridized carbons (Fsp3) is 0.500. The lowest BCUT2D eigenvalue weighted by molar-refractivity contribution is -0.129. The lowest BCUT2D eigenvalue weighted by atomic mass is 10.2. The van der Waals surface area contributed by atoms with Crippen LogP contribution < -0.4 is 15.8 Å². The zero-order chi connectivity index (χ0) is 14.6. The third kappa shape index (κ3) is 4.69. The maximum absolute atomic E-state index is 11.8. The normalized spacial score (nSPS) is 12.1. The Labute approximate surface area is 114 Å². The summed E-state index contributed by atoms with van der Waals surface area (Å²) < 4.78 is 5.61. The van der Waals surface area contributed by atoms with E-state index >= 15 is 0 Å². The average molecular weight is 265 g/mol. The van der Waals surface area contributed by atoms with Crippen LogP contribution in [0.25, 0.3) is 0 Å². The molecule has 0 saturated carbocycles. The van der Waals surface area contributed by atoms with Crippen molar-refractivity contribution >= 4 is 17.3 Å². The minimum atomic E-state index is -0.316. The van der Waals surface area contributed by atoms with Gasteiger partial charge in [0.2, 0.25) is 5.91 Å². The molecule has 1 atom stereocenters. The summed E-state index contributed by atoms with van der Waals surface area (Å²) in [6, 6.07) is 5.08. The number of carbonyl (C=O) groups excluding carboxylic acids is 1. The van der Waals surface area contributed by atoms with E-state index < -0.39 is 0 Å². The van der Waals surface area contributed by atoms with Gasteiger partial charge >= 0.3 is 0 Å². The number of rotatable bonds is 5. The maximum atomic E-state index is 11.8. The van der Waals surface area contributed by atoms with Gasteiger partial charge in [0.25, 0.3) is 0 Å². The summed E-state index contributed by atoms with van der Waals surface area (Å²) in [5.41, 5.74) is 7.21. The summed E-state index contributed by atoms with van der Waals surface area (Å²) >= 11 is 0. The van der Waals surface area contributed by atoms with Crippen LogP contribution in [0, 0.1) is 0 Å². The lowest BCUT2D eigenvalue weighted by Gasteiger charge is -2.20. The first kappa shape index (κ1) is 15.1. The second kappa shape index (κ2) is 6.31. The summed E-state index contributed by atoms with van der Waals surface area (Å²) in [6.45, 7) is 5.72. The van der Waals surface area contributed by atoms with Gasteiger partial charge in [-0.1, -0.05) is 0 Å². The van der Waals surface area contributed by atoms with Crippen LogP contribution in [-0.4, -0.2) is 37.0 Å². The van der Waals surface area contributed by atoms with Gasteiger partial charge in [0, 0.05) is 37.6 Å². The summed E-state index contributed by atoms with van der Waals surface area (Å²) in [7, 11) is 3.46. The van der Waals surface area contributed by atoms with Crippen molar-refractivity contribution in [3.8, 4) is 5.75 Å². The summed E-state index contributed by atoms with van der Waals surface area (Å²) in [6.07, 6.45) is 0.0791. The quantitative estimate of drug-likeness (QED) is 0.798. The van der Waals surface area contributed by atoms with E-state index in [4.69, 9.17) is 10.5 Å². The molecule has 1 aromatic carbocycles. The minimum Gasteiger partial charge on any atom is -0.491 e. The largest absolute Gasteiger partial charge is 0.491 e. The van der Waals surface area contributed by atoms with Gasteiger partial charge in [-0.2, -0.15) is 0 Å². The number of nitrogens with one attached hydrogen (secondary N) is 1. The molecule has 1 amide bonds. The molecular formula is C14H23N3O2. The molecule has 0 aliphatic heterocycles. The third-order valence-electron chi connectivity index (χ3n) is 2.50. The zero-order valence-corrected chi connectivity index (χ0v) is 12.2. The fourth-order valence-corrected chi connectivity index (χ4v) is 1.74. The van der Waals surface area contributed by atoms with Gasteiger partial charge in [0.1, 0.15) is 11.8 Å². The van der Waals surface area contributed by atoms with Gasteiger partial charge < -0.3 is 20.7 Å². The van der Waals surface area contributed by atoms with Gasteiger partial charge in [0.15, 0.2) is 0 Å². The third-order valence-corrected chi connectivity index (χ3v) is 2.50. The van der Waals surface area contributed by atoms with E-state index in [1.807, 2.05) is 26.8 Å². The van der Waals surface area contributed by atoms with Gasteiger partial charge in [-0.25, -0.2) is 0 Å². The van der Waals surface area contributed by atoms with Crippen LogP contribution in [0.5, 0.6) is 5.75 Å². The fourth-order valence-electron chi connectivity index (χ4n) is 1.74. The molecule has 0 aromatic heterocycles. The number of nitrogens with two attached hydrogens (primary N) is 1. The van der Waals surface area contributed by atoms with E-state index in [0.717, 1.165) is 5.69 Å². The molecule has 106 valence electrons. The van der Waals surface area contributed by atoms with Crippen molar-refractivity contribution in [2.24, 2.45) is 0 Å². The Morgan fingerprint density at radius 1 is 1.26 bits per heavy atom. The van der Waals surface area contributed by atoms with Crippen LogP contribution in [0.2, 0.25) is 0 Å². The highest BCUT2D eigenvalue weighted by molar-refractivity contribution is 5.84. The van der Waals surface area contributed by atoms with Crippen molar-refractivity contribution in [1.29, 1.82) is 0 Å². The Hall–Kier alpha value is -1.91. The maximum Gasteiger partial charge on any atom is 0.244 e. The molecule has 0 aliphatic carbocycles. The Balaban J connectivity index is 2.83. The zero-order valence-electron chi connectivity index (χ0n) is 12.2. The first-order valence-electron chi connectivity index (χ1n) is 6.34. The van der Waals surface area contributed by atoms with Gasteiger partial charge in [-0.05, 0) is 26.8 Å². The van der Waals surface area contributed by atoms with E-state index in [2.05, 4.69) is 5.32 Å². The molecule has 0 radical (unpaired) electrons. The molecule has 1 unspecified atom stereocenters. The van der Waals surface area contributed by atoms with Crippen molar-refractivity contribution < 1.29 is 9.53 Å². The Kier molecular flexibility index (Phi) is 5.03. The number of hydrogen-bond acceptors (Lipinski definition) is 4. The van der Waals surface area contributed by atoms with Crippen LogP contribution in [-0.2, 0) is 4.79 Å². The number of anilines is 2. The van der Waals surface area contributed by atoms with Crippen molar-refractivity contribution in [2.45, 2.75) is 32.9 Å². The van der Waals surface area contributed by atoms with Crippen LogP contribution in [0.1, 0.15) is 20.8 Å².